The van der Waals surface area contributed by atoms with E-state index in [1.807, 2.05) is 0 Å². The second-order valence-electron chi connectivity index (χ2n) is 4.23. The highest BCUT2D eigenvalue weighted by Gasteiger charge is 2.10. The smallest absolute Gasteiger partial charge is 0.276 e. The van der Waals surface area contributed by atoms with Crippen molar-refractivity contribution < 1.29 is 9.18 Å². The molecular weight excluding hydrogens is 273 g/mol. The highest BCUT2D eigenvalue weighted by atomic mass is 19.1. The van der Waals surface area contributed by atoms with Crippen LogP contribution in [0.5, 0.6) is 0 Å². The standard InChI is InChI=1S/C15H14FN3O2/c1-2-19-9-5-7-12(15(19)21)14(20)18-17-10-11-6-3-4-8-13(11)16/h3-10H,2H2,1H3,(H,18,20)/b17-10-. The third-order valence-corrected chi connectivity index (χ3v) is 2.88. The number of aryl methyl sites for hydroxylation is 1. The average Bonchev–Trinajstić information content (AvgIpc) is 2.49. The number of rotatable bonds is 4. The number of amides is 1. The quantitative estimate of drug-likeness (QED) is 0.688. The second-order valence-corrected chi connectivity index (χ2v) is 4.23. The molecule has 21 heavy (non-hydrogen) atoms. The van der Waals surface area contributed by atoms with Crippen molar-refractivity contribution in [3.05, 3.63) is 69.9 Å². The maximum atomic E-state index is 13.3. The van der Waals surface area contributed by atoms with Gasteiger partial charge in [0.25, 0.3) is 11.5 Å². The van der Waals surface area contributed by atoms with Gasteiger partial charge in [0.1, 0.15) is 11.4 Å². The first-order valence-corrected chi connectivity index (χ1v) is 6.41. The Kier molecular flexibility index (Phi) is 4.61. The summed E-state index contributed by atoms with van der Waals surface area (Å²) in [7, 11) is 0. The summed E-state index contributed by atoms with van der Waals surface area (Å²) in [4.78, 5) is 23.8. The Morgan fingerprint density at radius 3 is 2.81 bits per heavy atom. The van der Waals surface area contributed by atoms with Crippen LogP contribution in [0.3, 0.4) is 0 Å². The first-order valence-electron chi connectivity index (χ1n) is 6.41. The number of carbonyl (C=O) groups is 1. The van der Waals surface area contributed by atoms with Gasteiger partial charge in [-0.05, 0) is 25.1 Å². The molecular formula is C15H14FN3O2. The van der Waals surface area contributed by atoms with E-state index in [0.717, 1.165) is 0 Å². The van der Waals surface area contributed by atoms with Crippen molar-refractivity contribution in [2.75, 3.05) is 0 Å². The topological polar surface area (TPSA) is 63.5 Å². The average molecular weight is 287 g/mol. The van der Waals surface area contributed by atoms with E-state index in [1.165, 1.54) is 29.0 Å². The van der Waals surface area contributed by atoms with Crippen molar-refractivity contribution in [1.29, 1.82) is 0 Å². The minimum absolute atomic E-state index is 0.00923. The largest absolute Gasteiger partial charge is 0.315 e. The van der Waals surface area contributed by atoms with Gasteiger partial charge in [-0.15, -0.1) is 0 Å². The third kappa shape index (κ3) is 3.42. The monoisotopic (exact) mass is 287 g/mol. The summed E-state index contributed by atoms with van der Waals surface area (Å²) in [5.74, 6) is -1.07. The molecule has 1 amide bonds. The third-order valence-electron chi connectivity index (χ3n) is 2.88. The molecule has 0 unspecified atom stereocenters. The van der Waals surface area contributed by atoms with Crippen molar-refractivity contribution in [3.63, 3.8) is 0 Å². The van der Waals surface area contributed by atoms with Gasteiger partial charge in [-0.2, -0.15) is 5.10 Å². The summed E-state index contributed by atoms with van der Waals surface area (Å²) in [6.45, 7) is 2.28. The molecule has 0 atom stereocenters. The number of aromatic nitrogens is 1. The van der Waals surface area contributed by atoms with E-state index >= 15 is 0 Å². The number of hydrogen-bond donors (Lipinski definition) is 1. The fourth-order valence-electron chi connectivity index (χ4n) is 1.76. The number of hydrogen-bond acceptors (Lipinski definition) is 3. The summed E-state index contributed by atoms with van der Waals surface area (Å²) in [6.07, 6.45) is 2.79. The van der Waals surface area contributed by atoms with Gasteiger partial charge in [0.2, 0.25) is 0 Å². The van der Waals surface area contributed by atoms with Crippen LogP contribution in [0.2, 0.25) is 0 Å². The van der Waals surface area contributed by atoms with Gasteiger partial charge in [-0.25, -0.2) is 9.82 Å². The molecule has 0 saturated carbocycles. The Morgan fingerprint density at radius 1 is 1.33 bits per heavy atom. The maximum absolute atomic E-state index is 13.3. The molecule has 1 aromatic heterocycles. The van der Waals surface area contributed by atoms with Crippen LogP contribution in [-0.4, -0.2) is 16.7 Å². The van der Waals surface area contributed by atoms with E-state index in [9.17, 15) is 14.0 Å². The van der Waals surface area contributed by atoms with E-state index < -0.39 is 17.3 Å². The number of nitrogens with zero attached hydrogens (tertiary/aromatic N) is 2. The number of pyridine rings is 1. The molecule has 6 heteroatoms. The van der Waals surface area contributed by atoms with Crippen molar-refractivity contribution in [2.24, 2.45) is 5.10 Å². The Labute approximate surface area is 120 Å². The number of benzene rings is 1. The van der Waals surface area contributed by atoms with Crippen LogP contribution < -0.4 is 11.0 Å². The number of carbonyl (C=O) groups excluding carboxylic acids is 1. The fraction of sp³-hybridized carbons (Fsp3) is 0.133. The Balaban J connectivity index is 2.13. The summed E-state index contributed by atoms with van der Waals surface area (Å²) in [6, 6.07) is 9.06. The molecule has 1 aromatic carbocycles. The molecule has 0 aliphatic heterocycles. The van der Waals surface area contributed by atoms with Gasteiger partial charge in [0.15, 0.2) is 0 Å². The minimum Gasteiger partial charge on any atom is -0.315 e. The lowest BCUT2D eigenvalue weighted by atomic mass is 10.2. The molecule has 0 fully saturated rings. The SMILES string of the molecule is CCn1cccc(C(=O)N/N=C\c2ccccc2F)c1=O. The zero-order valence-electron chi connectivity index (χ0n) is 11.4. The van der Waals surface area contributed by atoms with Gasteiger partial charge in [0, 0.05) is 18.3 Å². The van der Waals surface area contributed by atoms with Crippen LogP contribution in [0.15, 0.2) is 52.5 Å². The molecule has 2 rings (SSSR count). The predicted octanol–water partition coefficient (Wildman–Crippen LogP) is 1.77. The Hall–Kier alpha value is -2.76. The molecule has 2 aromatic rings. The lowest BCUT2D eigenvalue weighted by Gasteiger charge is -2.04. The predicted molar refractivity (Wildman–Crippen MR) is 77.8 cm³/mol. The van der Waals surface area contributed by atoms with Crippen LogP contribution >= 0.6 is 0 Å². The zero-order chi connectivity index (χ0) is 15.2. The highest BCUT2D eigenvalue weighted by Crippen LogP contribution is 2.02. The normalized spacial score (nSPS) is 10.8. The summed E-state index contributed by atoms with van der Waals surface area (Å²) >= 11 is 0. The molecule has 1 N–H and O–H groups in total. The lowest BCUT2D eigenvalue weighted by Crippen LogP contribution is -2.30. The summed E-state index contributed by atoms with van der Waals surface area (Å²) in [5, 5.41) is 3.66. The van der Waals surface area contributed by atoms with Crippen molar-refractivity contribution in [3.8, 4) is 0 Å². The Morgan fingerprint density at radius 2 is 2.10 bits per heavy atom. The van der Waals surface area contributed by atoms with Gasteiger partial charge in [-0.3, -0.25) is 9.59 Å². The van der Waals surface area contributed by atoms with Crippen LogP contribution in [0.4, 0.5) is 4.39 Å². The molecule has 108 valence electrons. The van der Waals surface area contributed by atoms with E-state index in [4.69, 9.17) is 0 Å². The van der Waals surface area contributed by atoms with Crippen LogP contribution in [0, 0.1) is 5.82 Å². The van der Waals surface area contributed by atoms with Crippen molar-refractivity contribution in [2.45, 2.75) is 13.5 Å². The molecule has 0 radical (unpaired) electrons. The van der Waals surface area contributed by atoms with E-state index in [-0.39, 0.29) is 11.1 Å². The van der Waals surface area contributed by atoms with Crippen molar-refractivity contribution in [1.82, 2.24) is 9.99 Å². The highest BCUT2D eigenvalue weighted by molar-refractivity contribution is 5.94. The summed E-state index contributed by atoms with van der Waals surface area (Å²) in [5.41, 5.74) is 2.06. The number of halogens is 1. The van der Waals surface area contributed by atoms with Crippen LogP contribution in [0.1, 0.15) is 22.8 Å². The first kappa shape index (κ1) is 14.6. The number of nitrogens with one attached hydrogen (secondary N) is 1. The van der Waals surface area contributed by atoms with E-state index in [0.29, 0.717) is 6.54 Å². The molecule has 0 bridgehead atoms. The maximum Gasteiger partial charge on any atom is 0.276 e. The fourth-order valence-corrected chi connectivity index (χ4v) is 1.76. The van der Waals surface area contributed by atoms with E-state index in [2.05, 4.69) is 10.5 Å². The number of hydrazone groups is 1. The zero-order valence-corrected chi connectivity index (χ0v) is 11.4. The molecule has 5 nitrogen and oxygen atoms in total. The molecule has 0 spiro atoms. The molecule has 1 heterocycles. The Bertz CT molecular complexity index is 738. The molecule has 0 saturated heterocycles. The second kappa shape index (κ2) is 6.60. The van der Waals surface area contributed by atoms with Gasteiger partial charge >= 0.3 is 0 Å². The first-order chi connectivity index (χ1) is 10.1. The van der Waals surface area contributed by atoms with Gasteiger partial charge in [-0.1, -0.05) is 18.2 Å². The van der Waals surface area contributed by atoms with Crippen molar-refractivity contribution >= 4 is 12.1 Å². The summed E-state index contributed by atoms with van der Waals surface area (Å²) < 4.78 is 14.8. The van der Waals surface area contributed by atoms with Gasteiger partial charge in [0.05, 0.1) is 6.21 Å². The van der Waals surface area contributed by atoms with Crippen LogP contribution in [0.25, 0.3) is 0 Å². The molecule has 0 aliphatic rings. The molecule has 0 aliphatic carbocycles. The van der Waals surface area contributed by atoms with Crippen LogP contribution in [-0.2, 0) is 6.54 Å². The van der Waals surface area contributed by atoms with E-state index in [1.54, 1.807) is 31.3 Å². The van der Waals surface area contributed by atoms with Gasteiger partial charge < -0.3 is 4.57 Å². The lowest BCUT2D eigenvalue weighted by molar-refractivity contribution is 0.0953. The minimum atomic E-state index is -0.629.